The molecule has 2 aliphatic rings. The number of nitro benzene ring substituents is 3. The van der Waals surface area contributed by atoms with Gasteiger partial charge in [-0.1, -0.05) is 24.3 Å². The number of carbonyl (C=O) groups is 1. The first kappa shape index (κ1) is 57.7. The highest BCUT2D eigenvalue weighted by atomic mass is 19.4. The van der Waals surface area contributed by atoms with Crippen LogP contribution in [0, 0.1) is 30.3 Å². The summed E-state index contributed by atoms with van der Waals surface area (Å²) in [5, 5.41) is 32.3. The Morgan fingerprint density at radius 1 is 0.586 bits per heavy atom. The Bertz CT molecular complexity index is 2290. The van der Waals surface area contributed by atoms with Gasteiger partial charge in [-0.25, -0.2) is 0 Å². The number of ketones is 1. The molecule has 6 rings (SSSR count). The number of methoxy groups -OCH3 is 4. The number of hydrogen-bond acceptors (Lipinski definition) is 17. The molecule has 2 saturated heterocycles. The number of ether oxygens (including phenoxy) is 6. The first-order valence-corrected chi connectivity index (χ1v) is 22.2. The highest BCUT2D eigenvalue weighted by molar-refractivity contribution is 5.83. The van der Waals surface area contributed by atoms with E-state index >= 15 is 0 Å². The second kappa shape index (κ2) is 30.1. The molecule has 2 heterocycles. The molecule has 20 nitrogen and oxygen atoms in total. The normalized spacial score (nSPS) is 13.7. The molecule has 0 radical (unpaired) electrons. The van der Waals surface area contributed by atoms with Gasteiger partial charge in [0.15, 0.2) is 17.2 Å². The third kappa shape index (κ3) is 19.7. The van der Waals surface area contributed by atoms with Crippen molar-refractivity contribution >= 4 is 28.5 Å². The number of halogens is 3. The van der Waals surface area contributed by atoms with Gasteiger partial charge >= 0.3 is 23.2 Å². The molecule has 384 valence electrons. The first-order valence-electron chi connectivity index (χ1n) is 22.2. The molecular formula is C47H62F3N7O13. The van der Waals surface area contributed by atoms with Crippen molar-refractivity contribution in [1.82, 2.24) is 9.80 Å². The predicted octanol–water partition coefficient (Wildman–Crippen LogP) is 6.79. The van der Waals surface area contributed by atoms with E-state index in [9.17, 15) is 48.3 Å². The zero-order chi connectivity index (χ0) is 51.6. The monoisotopic (exact) mass is 989 g/mol. The molecule has 0 unspecified atom stereocenters. The average Bonchev–Trinajstić information content (AvgIpc) is 3.36. The summed E-state index contributed by atoms with van der Waals surface area (Å²) in [6.07, 6.45) is -2.90. The molecule has 0 amide bonds. The fraction of sp³-hybridized carbons (Fsp3) is 0.468. The van der Waals surface area contributed by atoms with E-state index in [1.807, 2.05) is 18.2 Å². The van der Waals surface area contributed by atoms with Crippen molar-refractivity contribution in [3.63, 3.8) is 0 Å². The van der Waals surface area contributed by atoms with Gasteiger partial charge in [-0.15, -0.1) is 0 Å². The molecule has 2 aliphatic heterocycles. The Morgan fingerprint density at radius 3 is 1.26 bits per heavy atom. The molecule has 0 spiro atoms. The summed E-state index contributed by atoms with van der Waals surface area (Å²) >= 11 is 0. The fourth-order valence-electron chi connectivity index (χ4n) is 7.03. The molecule has 70 heavy (non-hydrogen) atoms. The topological polar surface area (TPSA) is 260 Å². The maximum atomic E-state index is 12.0. The minimum absolute atomic E-state index is 0.0153. The van der Waals surface area contributed by atoms with Crippen LogP contribution >= 0.6 is 0 Å². The van der Waals surface area contributed by atoms with Crippen LogP contribution in [0.5, 0.6) is 23.0 Å². The summed E-state index contributed by atoms with van der Waals surface area (Å²) in [6, 6.07) is 20.1. The van der Waals surface area contributed by atoms with Crippen LogP contribution in [0.3, 0.4) is 0 Å². The standard InChI is InChI=1S/C13H18N2O4.C13H20N2O2.C12H12F3NO4.C9H12N2O3/c1-18-13-3-2-11(10-12(13)15(16)17)4-5-14-6-8-19-9-7-14;1-16-13-3-2-11(10-12(13)14)4-5-15-6-8-17-9-7-15;1-20-10-6-5-8(7-9(10)16(18)19)3-2-4-11(17)12(13,14)15;1-14-9-3-2-7(4-5-10)6-8(9)11(12)13/h2-3,10H,4-9H2,1H3;2-3,10H,4-9,14H2,1H3;5-7H,2-4H2,1H3;2-3,6H,4-5,10H2,1H3. The van der Waals surface area contributed by atoms with E-state index in [1.54, 1.807) is 31.4 Å². The maximum absolute atomic E-state index is 12.0. The summed E-state index contributed by atoms with van der Waals surface area (Å²) in [7, 11) is 5.77. The van der Waals surface area contributed by atoms with Crippen LogP contribution in [0.4, 0.5) is 35.9 Å². The molecule has 0 aromatic heterocycles. The zero-order valence-corrected chi connectivity index (χ0v) is 39.8. The van der Waals surface area contributed by atoms with Crippen molar-refractivity contribution in [2.75, 3.05) is 106 Å². The van der Waals surface area contributed by atoms with Gasteiger partial charge in [0.1, 0.15) is 5.75 Å². The zero-order valence-electron chi connectivity index (χ0n) is 39.8. The third-order valence-electron chi connectivity index (χ3n) is 10.9. The highest BCUT2D eigenvalue weighted by Crippen LogP contribution is 2.30. The largest absolute Gasteiger partial charge is 0.495 e. The fourth-order valence-corrected chi connectivity index (χ4v) is 7.03. The number of carbonyl (C=O) groups excluding carboxylic acids is 1. The SMILES string of the molecule is COc1ccc(CCCC(=O)C(F)(F)F)cc1[N+](=O)[O-].COc1ccc(CCN)cc1[N+](=O)[O-].COc1ccc(CCN2CCOCC2)cc1N.COc1ccc(CCN2CCOCC2)cc1[N+](=O)[O-]. The predicted molar refractivity (Wildman–Crippen MR) is 255 cm³/mol. The molecule has 0 bridgehead atoms. The second-order valence-electron chi connectivity index (χ2n) is 15.6. The minimum atomic E-state index is -4.83. The number of morpholine rings is 2. The van der Waals surface area contributed by atoms with Gasteiger partial charge in [-0.3, -0.25) is 44.9 Å². The third-order valence-corrected chi connectivity index (χ3v) is 10.9. The minimum Gasteiger partial charge on any atom is -0.495 e. The van der Waals surface area contributed by atoms with Gasteiger partial charge in [0, 0.05) is 63.9 Å². The van der Waals surface area contributed by atoms with E-state index in [-0.39, 0.29) is 41.4 Å². The summed E-state index contributed by atoms with van der Waals surface area (Å²) in [5.41, 5.74) is 15.3. The lowest BCUT2D eigenvalue weighted by molar-refractivity contribution is -0.385. The Morgan fingerprint density at radius 2 is 0.929 bits per heavy atom. The van der Waals surface area contributed by atoms with Crippen LogP contribution in [0.15, 0.2) is 72.8 Å². The van der Waals surface area contributed by atoms with Gasteiger partial charge in [-0.05, 0) is 91.2 Å². The van der Waals surface area contributed by atoms with E-state index in [0.29, 0.717) is 30.0 Å². The van der Waals surface area contributed by atoms with Crippen LogP contribution in [-0.2, 0) is 40.0 Å². The van der Waals surface area contributed by atoms with Crippen molar-refractivity contribution < 1.29 is 61.2 Å². The van der Waals surface area contributed by atoms with Crippen LogP contribution in [0.25, 0.3) is 0 Å². The van der Waals surface area contributed by atoms with Crippen LogP contribution < -0.4 is 30.4 Å². The van der Waals surface area contributed by atoms with Gasteiger partial charge in [0.05, 0.1) is 75.3 Å². The number of nitrogens with zero attached hydrogens (tertiary/aromatic N) is 5. The number of nitrogen functional groups attached to an aromatic ring is 1. The smallest absolute Gasteiger partial charge is 0.449 e. The number of alkyl halides is 3. The van der Waals surface area contributed by atoms with Crippen LogP contribution in [0.2, 0.25) is 0 Å². The number of aryl methyl sites for hydroxylation is 1. The highest BCUT2D eigenvalue weighted by Gasteiger charge is 2.37. The van der Waals surface area contributed by atoms with E-state index in [4.69, 9.17) is 39.9 Å². The van der Waals surface area contributed by atoms with E-state index in [1.165, 1.54) is 51.2 Å². The van der Waals surface area contributed by atoms with Crippen molar-refractivity contribution in [1.29, 1.82) is 0 Å². The summed E-state index contributed by atoms with van der Waals surface area (Å²) in [6.45, 7) is 9.60. The maximum Gasteiger partial charge on any atom is 0.449 e. The molecule has 4 aromatic carbocycles. The van der Waals surface area contributed by atoms with E-state index < -0.39 is 33.2 Å². The summed E-state index contributed by atoms with van der Waals surface area (Å²) < 4.78 is 66.4. The van der Waals surface area contributed by atoms with Crippen LogP contribution in [0.1, 0.15) is 35.1 Å². The lowest BCUT2D eigenvalue weighted by Crippen LogP contribution is -2.37. The molecular weight excluding hydrogens is 928 g/mol. The van der Waals surface area contributed by atoms with Crippen LogP contribution in [-0.4, -0.2) is 137 Å². The first-order chi connectivity index (χ1) is 33.4. The second-order valence-corrected chi connectivity index (χ2v) is 15.6. The number of rotatable bonds is 19. The molecule has 0 aliphatic carbocycles. The Labute approximate surface area is 403 Å². The van der Waals surface area contributed by atoms with Gasteiger partial charge in [0.2, 0.25) is 5.78 Å². The van der Waals surface area contributed by atoms with Gasteiger partial charge < -0.3 is 39.9 Å². The van der Waals surface area contributed by atoms with Crippen molar-refractivity contribution in [2.45, 2.75) is 44.7 Å². The van der Waals surface area contributed by atoms with Crippen molar-refractivity contribution in [3.05, 3.63) is 125 Å². The Kier molecular flexibility index (Phi) is 24.8. The number of benzene rings is 4. The lowest BCUT2D eigenvalue weighted by atomic mass is 10.1. The summed E-state index contributed by atoms with van der Waals surface area (Å²) in [5.74, 6) is -0.387. The summed E-state index contributed by atoms with van der Waals surface area (Å²) in [4.78, 5) is 46.2. The Balaban J connectivity index is 0.000000249. The number of Topliss-reactive ketones (excluding diaryl/α,β-unsaturated/α-hetero) is 1. The molecule has 0 saturated carbocycles. The molecule has 4 N–H and O–H groups in total. The molecule has 23 heteroatoms. The Hall–Kier alpha value is -6.66. The quantitative estimate of drug-likeness (QED) is 0.0556. The molecule has 4 aromatic rings. The van der Waals surface area contributed by atoms with Gasteiger partial charge in [0.25, 0.3) is 0 Å². The van der Waals surface area contributed by atoms with E-state index in [0.717, 1.165) is 95.4 Å². The molecule has 2 fully saturated rings. The number of nitro groups is 3. The van der Waals surface area contributed by atoms with Gasteiger partial charge in [-0.2, -0.15) is 13.2 Å². The number of hydrogen-bond donors (Lipinski definition) is 2. The molecule has 0 atom stereocenters. The van der Waals surface area contributed by atoms with Crippen molar-refractivity contribution in [3.8, 4) is 23.0 Å². The van der Waals surface area contributed by atoms with E-state index in [2.05, 4.69) is 15.9 Å². The van der Waals surface area contributed by atoms with Crippen molar-refractivity contribution in [2.24, 2.45) is 5.73 Å². The number of anilines is 1. The average molecular weight is 990 g/mol. The number of nitrogens with two attached hydrogens (primary N) is 2. The lowest BCUT2D eigenvalue weighted by Gasteiger charge is -2.26.